The van der Waals surface area contributed by atoms with Gasteiger partial charge >= 0.3 is 5.63 Å². The monoisotopic (exact) mass is 373 g/mol. The van der Waals surface area contributed by atoms with Gasteiger partial charge in [0.1, 0.15) is 12.2 Å². The van der Waals surface area contributed by atoms with Crippen LogP contribution in [0, 0.1) is 6.92 Å². The van der Waals surface area contributed by atoms with Crippen molar-refractivity contribution in [2.24, 2.45) is 0 Å². The van der Waals surface area contributed by atoms with E-state index in [1.54, 1.807) is 13.2 Å². The highest BCUT2D eigenvalue weighted by atomic mass is 35.5. The molecule has 5 nitrogen and oxygen atoms in total. The lowest BCUT2D eigenvalue weighted by molar-refractivity contribution is 0.292. The van der Waals surface area contributed by atoms with Crippen LogP contribution in [0.1, 0.15) is 11.1 Å². The molecule has 0 saturated carbocycles. The third kappa shape index (κ3) is 4.18. The first-order chi connectivity index (χ1) is 12.6. The van der Waals surface area contributed by atoms with Crippen LogP contribution in [0.2, 0.25) is 5.02 Å². The van der Waals surface area contributed by atoms with E-state index in [1.807, 2.05) is 37.3 Å². The molecule has 2 aromatic carbocycles. The zero-order valence-corrected chi connectivity index (χ0v) is 15.4. The molecule has 0 atom stereocenters. The first-order valence-corrected chi connectivity index (χ1v) is 8.65. The summed E-state index contributed by atoms with van der Waals surface area (Å²) in [5, 5.41) is 4.75. The summed E-state index contributed by atoms with van der Waals surface area (Å²) in [6, 6.07) is 12.6. The van der Waals surface area contributed by atoms with E-state index in [4.69, 9.17) is 25.5 Å². The average Bonchev–Trinajstić information content (AvgIpc) is 2.63. The van der Waals surface area contributed by atoms with Gasteiger partial charge in [-0.15, -0.1) is 0 Å². The van der Waals surface area contributed by atoms with Gasteiger partial charge in [-0.05, 0) is 42.3 Å². The van der Waals surface area contributed by atoms with Gasteiger partial charge in [0.2, 0.25) is 0 Å². The first-order valence-electron chi connectivity index (χ1n) is 8.28. The van der Waals surface area contributed by atoms with E-state index in [2.05, 4.69) is 5.32 Å². The molecule has 3 aromatic rings. The molecule has 0 radical (unpaired) electrons. The molecule has 1 heterocycles. The summed E-state index contributed by atoms with van der Waals surface area (Å²) < 4.78 is 16.2. The van der Waals surface area contributed by atoms with Gasteiger partial charge in [0.25, 0.3) is 0 Å². The van der Waals surface area contributed by atoms with E-state index in [0.717, 1.165) is 16.5 Å². The van der Waals surface area contributed by atoms with Gasteiger partial charge < -0.3 is 19.2 Å². The molecule has 0 spiro atoms. The summed E-state index contributed by atoms with van der Waals surface area (Å²) in [4.78, 5) is 11.8. The normalized spacial score (nSPS) is 10.9. The van der Waals surface area contributed by atoms with Crippen LogP contribution in [0.25, 0.3) is 11.0 Å². The predicted octanol–water partition coefficient (Wildman–Crippen LogP) is 3.93. The Bertz CT molecular complexity index is 968. The number of benzene rings is 2. The van der Waals surface area contributed by atoms with E-state index >= 15 is 0 Å². The third-order valence-corrected chi connectivity index (χ3v) is 4.44. The molecule has 0 bridgehead atoms. The Kier molecular flexibility index (Phi) is 5.81. The molecule has 26 heavy (non-hydrogen) atoms. The van der Waals surface area contributed by atoms with E-state index < -0.39 is 0 Å². The first kappa shape index (κ1) is 18.3. The fourth-order valence-corrected chi connectivity index (χ4v) is 2.85. The Morgan fingerprint density at radius 1 is 1.15 bits per heavy atom. The molecule has 1 N–H and O–H groups in total. The molecule has 3 rings (SSSR count). The highest BCUT2D eigenvalue weighted by Crippen LogP contribution is 2.26. The van der Waals surface area contributed by atoms with Crippen molar-refractivity contribution in [3.8, 4) is 11.5 Å². The molecular weight excluding hydrogens is 354 g/mol. The standard InChI is InChI=1S/C20H20ClNO4/c1-13-9-19-15(11-16(13)21)14(10-20(23)26-19)12-22-7-8-25-18-6-4-3-5-17(18)24-2/h3-6,9-11,22H,7-8,12H2,1-2H3. The second-order valence-corrected chi connectivity index (χ2v) is 6.27. The van der Waals surface area contributed by atoms with E-state index in [9.17, 15) is 4.79 Å². The minimum Gasteiger partial charge on any atom is -0.493 e. The quantitative estimate of drug-likeness (QED) is 0.502. The second-order valence-electron chi connectivity index (χ2n) is 5.86. The number of aryl methyl sites for hydroxylation is 1. The Balaban J connectivity index is 1.63. The molecule has 136 valence electrons. The van der Waals surface area contributed by atoms with Gasteiger partial charge in [-0.1, -0.05) is 23.7 Å². The molecule has 0 aliphatic rings. The summed E-state index contributed by atoms with van der Waals surface area (Å²) >= 11 is 6.21. The minimum atomic E-state index is -0.374. The smallest absolute Gasteiger partial charge is 0.336 e. The number of hydrogen-bond donors (Lipinski definition) is 1. The van der Waals surface area contributed by atoms with Gasteiger partial charge in [0.05, 0.1) is 7.11 Å². The Morgan fingerprint density at radius 3 is 2.69 bits per heavy atom. The fraction of sp³-hybridized carbons (Fsp3) is 0.250. The lowest BCUT2D eigenvalue weighted by Gasteiger charge is -2.11. The molecule has 0 saturated heterocycles. The van der Waals surface area contributed by atoms with Crippen molar-refractivity contribution in [3.63, 3.8) is 0 Å². The summed E-state index contributed by atoms with van der Waals surface area (Å²) in [7, 11) is 1.61. The van der Waals surface area contributed by atoms with Crippen LogP contribution in [0.5, 0.6) is 11.5 Å². The van der Waals surface area contributed by atoms with E-state index in [0.29, 0.717) is 41.8 Å². The summed E-state index contributed by atoms with van der Waals surface area (Å²) in [5.74, 6) is 1.40. The number of ether oxygens (including phenoxy) is 2. The fourth-order valence-electron chi connectivity index (χ4n) is 2.69. The Labute approximate surface area is 156 Å². The van der Waals surface area contributed by atoms with Crippen molar-refractivity contribution in [3.05, 3.63) is 69.0 Å². The highest BCUT2D eigenvalue weighted by molar-refractivity contribution is 6.32. The number of para-hydroxylation sites is 2. The van der Waals surface area contributed by atoms with Crippen LogP contribution < -0.4 is 20.4 Å². The van der Waals surface area contributed by atoms with Crippen LogP contribution >= 0.6 is 11.6 Å². The zero-order valence-electron chi connectivity index (χ0n) is 14.7. The molecule has 6 heteroatoms. The number of fused-ring (bicyclic) bond motifs is 1. The van der Waals surface area contributed by atoms with E-state index in [-0.39, 0.29) is 5.63 Å². The third-order valence-electron chi connectivity index (χ3n) is 4.03. The van der Waals surface area contributed by atoms with E-state index in [1.165, 1.54) is 6.07 Å². The summed E-state index contributed by atoms with van der Waals surface area (Å²) in [5.41, 5.74) is 1.89. The lowest BCUT2D eigenvalue weighted by atomic mass is 10.1. The van der Waals surface area contributed by atoms with Crippen LogP contribution in [-0.4, -0.2) is 20.3 Å². The molecule has 0 amide bonds. The van der Waals surface area contributed by atoms with Crippen LogP contribution in [0.3, 0.4) is 0 Å². The van der Waals surface area contributed by atoms with Crippen molar-refractivity contribution >= 4 is 22.6 Å². The molecule has 1 aromatic heterocycles. The SMILES string of the molecule is COc1ccccc1OCCNCc1cc(=O)oc2cc(C)c(Cl)cc12. The zero-order chi connectivity index (χ0) is 18.5. The van der Waals surface area contributed by atoms with Crippen molar-refractivity contribution in [2.45, 2.75) is 13.5 Å². The van der Waals surface area contributed by atoms with Gasteiger partial charge in [-0.25, -0.2) is 4.79 Å². The second kappa shape index (κ2) is 8.25. The maximum absolute atomic E-state index is 11.8. The Hall–Kier alpha value is -2.50. The topological polar surface area (TPSA) is 60.7 Å². The van der Waals surface area contributed by atoms with Gasteiger partial charge in [0, 0.05) is 29.6 Å². The average molecular weight is 374 g/mol. The van der Waals surface area contributed by atoms with Gasteiger partial charge in [-0.2, -0.15) is 0 Å². The molecule has 0 aliphatic carbocycles. The van der Waals surface area contributed by atoms with Crippen LogP contribution in [0.15, 0.2) is 51.7 Å². The number of halogens is 1. The van der Waals surface area contributed by atoms with Gasteiger partial charge in [-0.3, -0.25) is 0 Å². The number of rotatable bonds is 7. The lowest BCUT2D eigenvalue weighted by Crippen LogP contribution is -2.21. The maximum atomic E-state index is 11.8. The van der Waals surface area contributed by atoms with Crippen molar-refractivity contribution < 1.29 is 13.9 Å². The summed E-state index contributed by atoms with van der Waals surface area (Å²) in [6.07, 6.45) is 0. The van der Waals surface area contributed by atoms with Crippen molar-refractivity contribution in [1.82, 2.24) is 5.32 Å². The predicted molar refractivity (Wildman–Crippen MR) is 102 cm³/mol. The molecule has 0 fully saturated rings. The van der Waals surface area contributed by atoms with Crippen molar-refractivity contribution in [2.75, 3.05) is 20.3 Å². The minimum absolute atomic E-state index is 0.374. The maximum Gasteiger partial charge on any atom is 0.336 e. The Morgan fingerprint density at radius 2 is 1.92 bits per heavy atom. The number of hydrogen-bond acceptors (Lipinski definition) is 5. The summed E-state index contributed by atoms with van der Waals surface area (Å²) in [6.45, 7) is 3.47. The largest absolute Gasteiger partial charge is 0.493 e. The van der Waals surface area contributed by atoms with Crippen molar-refractivity contribution in [1.29, 1.82) is 0 Å². The number of methoxy groups -OCH3 is 1. The van der Waals surface area contributed by atoms with Crippen LogP contribution in [0.4, 0.5) is 0 Å². The molecular formula is C20H20ClNO4. The van der Waals surface area contributed by atoms with Crippen LogP contribution in [-0.2, 0) is 6.54 Å². The molecule has 0 aliphatic heterocycles. The highest BCUT2D eigenvalue weighted by Gasteiger charge is 2.08. The number of nitrogens with one attached hydrogen (secondary N) is 1. The van der Waals surface area contributed by atoms with Gasteiger partial charge in [0.15, 0.2) is 11.5 Å². The molecule has 0 unspecified atom stereocenters.